The number of carbonyl (C=O) groups excluding carboxylic acids is 1. The molecular formula is C16H20N4O. The molecule has 2 fully saturated rings. The fourth-order valence-electron chi connectivity index (χ4n) is 3.51. The molecule has 0 radical (unpaired) electrons. The second-order valence-electron chi connectivity index (χ2n) is 6.21. The van der Waals surface area contributed by atoms with Crippen LogP contribution in [-0.2, 0) is 0 Å². The predicted molar refractivity (Wildman–Crippen MR) is 81.2 cm³/mol. The highest BCUT2D eigenvalue weighted by molar-refractivity contribution is 5.98. The van der Waals surface area contributed by atoms with Crippen LogP contribution in [0.3, 0.4) is 0 Å². The average molecular weight is 284 g/mol. The van der Waals surface area contributed by atoms with Crippen molar-refractivity contribution < 1.29 is 4.79 Å². The van der Waals surface area contributed by atoms with Crippen LogP contribution < -0.4 is 5.32 Å². The molecule has 3 heterocycles. The molecule has 4 rings (SSSR count). The summed E-state index contributed by atoms with van der Waals surface area (Å²) < 4.78 is 0. The first-order valence-corrected chi connectivity index (χ1v) is 7.77. The van der Waals surface area contributed by atoms with Gasteiger partial charge in [0.25, 0.3) is 5.91 Å². The van der Waals surface area contributed by atoms with Gasteiger partial charge in [0.05, 0.1) is 11.7 Å². The Morgan fingerprint density at radius 1 is 1.33 bits per heavy atom. The second-order valence-corrected chi connectivity index (χ2v) is 6.21. The monoisotopic (exact) mass is 284 g/mol. The van der Waals surface area contributed by atoms with Crippen LogP contribution in [0.4, 0.5) is 0 Å². The highest BCUT2D eigenvalue weighted by atomic mass is 16.1. The average Bonchev–Trinajstić information content (AvgIpc) is 2.89. The Bertz CT molecular complexity index is 665. The molecule has 0 spiro atoms. The van der Waals surface area contributed by atoms with Crippen molar-refractivity contribution in [2.24, 2.45) is 0 Å². The first kappa shape index (κ1) is 12.8. The van der Waals surface area contributed by atoms with Crippen LogP contribution in [0, 0.1) is 0 Å². The van der Waals surface area contributed by atoms with Gasteiger partial charge in [-0.25, -0.2) is 0 Å². The van der Waals surface area contributed by atoms with Crippen molar-refractivity contribution in [3.05, 3.63) is 30.0 Å². The number of amides is 1. The van der Waals surface area contributed by atoms with Crippen LogP contribution in [0.5, 0.6) is 0 Å². The van der Waals surface area contributed by atoms with Crippen molar-refractivity contribution in [3.63, 3.8) is 0 Å². The lowest BCUT2D eigenvalue weighted by molar-refractivity contribution is 0.0788. The minimum atomic E-state index is 0.0297. The summed E-state index contributed by atoms with van der Waals surface area (Å²) >= 11 is 0. The zero-order chi connectivity index (χ0) is 14.2. The summed E-state index contributed by atoms with van der Waals surface area (Å²) in [6, 6.07) is 6.73. The Balaban J connectivity index is 1.46. The van der Waals surface area contributed by atoms with E-state index in [0.717, 1.165) is 29.9 Å². The summed E-state index contributed by atoms with van der Waals surface area (Å²) in [6.07, 6.45) is 6.67. The van der Waals surface area contributed by atoms with E-state index < -0.39 is 0 Å². The number of carbonyl (C=O) groups is 1. The van der Waals surface area contributed by atoms with Gasteiger partial charge in [0.2, 0.25) is 0 Å². The number of nitrogens with one attached hydrogen (secondary N) is 2. The summed E-state index contributed by atoms with van der Waals surface area (Å²) in [5.41, 5.74) is 1.68. The third-order valence-corrected chi connectivity index (χ3v) is 4.85. The Morgan fingerprint density at radius 3 is 3.14 bits per heavy atom. The maximum Gasteiger partial charge on any atom is 0.251 e. The van der Waals surface area contributed by atoms with Gasteiger partial charge < -0.3 is 5.32 Å². The quantitative estimate of drug-likeness (QED) is 0.885. The number of fused-ring (bicyclic) bond motifs is 2. The number of hydrogen-bond acceptors (Lipinski definition) is 3. The number of H-pyrrole nitrogens is 1. The van der Waals surface area contributed by atoms with Gasteiger partial charge in [-0.3, -0.25) is 14.8 Å². The molecular weight excluding hydrogens is 264 g/mol. The fourth-order valence-corrected chi connectivity index (χ4v) is 3.51. The van der Waals surface area contributed by atoms with Gasteiger partial charge in [0.15, 0.2) is 0 Å². The Kier molecular flexibility index (Phi) is 3.15. The molecule has 0 aliphatic carbocycles. The Morgan fingerprint density at radius 2 is 2.29 bits per heavy atom. The molecule has 2 saturated heterocycles. The smallest absolute Gasteiger partial charge is 0.251 e. The lowest BCUT2D eigenvalue weighted by Gasteiger charge is -2.40. The van der Waals surface area contributed by atoms with Crippen LogP contribution >= 0.6 is 0 Å². The number of aromatic nitrogens is 2. The first-order chi connectivity index (χ1) is 10.3. The molecule has 2 aromatic rings. The molecule has 0 bridgehead atoms. The molecule has 1 aromatic heterocycles. The fraction of sp³-hybridized carbons (Fsp3) is 0.500. The molecule has 5 nitrogen and oxygen atoms in total. The van der Waals surface area contributed by atoms with Crippen molar-refractivity contribution in [2.75, 3.05) is 13.1 Å². The van der Waals surface area contributed by atoms with Gasteiger partial charge in [0, 0.05) is 29.6 Å². The Hall–Kier alpha value is -1.88. The molecule has 0 saturated carbocycles. The molecule has 2 N–H and O–H groups in total. The van der Waals surface area contributed by atoms with Gasteiger partial charge in [0.1, 0.15) is 0 Å². The molecule has 2 atom stereocenters. The number of nitrogens with zero attached hydrogens (tertiary/aromatic N) is 2. The summed E-state index contributed by atoms with van der Waals surface area (Å²) in [6.45, 7) is 2.20. The molecule has 5 heteroatoms. The van der Waals surface area contributed by atoms with Crippen molar-refractivity contribution in [1.82, 2.24) is 20.4 Å². The van der Waals surface area contributed by atoms with E-state index in [0.29, 0.717) is 5.56 Å². The van der Waals surface area contributed by atoms with E-state index >= 15 is 0 Å². The summed E-state index contributed by atoms with van der Waals surface area (Å²) in [4.78, 5) is 14.9. The zero-order valence-electron chi connectivity index (χ0n) is 12.0. The number of rotatable bonds is 2. The molecule has 110 valence electrons. The number of benzene rings is 1. The van der Waals surface area contributed by atoms with Crippen molar-refractivity contribution in [2.45, 2.75) is 37.8 Å². The molecule has 1 amide bonds. The Labute approximate surface area is 123 Å². The van der Waals surface area contributed by atoms with Gasteiger partial charge in [-0.1, -0.05) is 0 Å². The first-order valence-electron chi connectivity index (χ1n) is 7.77. The third kappa shape index (κ3) is 2.42. The number of hydrogen-bond donors (Lipinski definition) is 2. The normalized spacial score (nSPS) is 25.9. The van der Waals surface area contributed by atoms with Crippen LogP contribution in [-0.4, -0.2) is 46.2 Å². The third-order valence-electron chi connectivity index (χ3n) is 4.85. The van der Waals surface area contributed by atoms with Gasteiger partial charge >= 0.3 is 0 Å². The van der Waals surface area contributed by atoms with E-state index in [2.05, 4.69) is 20.4 Å². The molecule has 21 heavy (non-hydrogen) atoms. The van der Waals surface area contributed by atoms with Crippen LogP contribution in [0.15, 0.2) is 24.4 Å². The van der Waals surface area contributed by atoms with Crippen LogP contribution in [0.1, 0.15) is 36.0 Å². The van der Waals surface area contributed by atoms with Crippen molar-refractivity contribution in [3.8, 4) is 0 Å². The largest absolute Gasteiger partial charge is 0.348 e. The molecule has 2 aliphatic rings. The van der Waals surface area contributed by atoms with E-state index in [1.54, 1.807) is 6.20 Å². The van der Waals surface area contributed by atoms with E-state index in [9.17, 15) is 4.79 Å². The van der Waals surface area contributed by atoms with Gasteiger partial charge in [-0.2, -0.15) is 5.10 Å². The van der Waals surface area contributed by atoms with E-state index in [4.69, 9.17) is 0 Å². The summed E-state index contributed by atoms with van der Waals surface area (Å²) in [5.74, 6) is 0.0297. The van der Waals surface area contributed by atoms with Crippen LogP contribution in [0.25, 0.3) is 10.9 Å². The SMILES string of the molecule is O=C(N[C@H]1CCCC2CCN2C1)c1ccc2[nH]ncc2c1. The molecule has 1 unspecified atom stereocenters. The van der Waals surface area contributed by atoms with Crippen molar-refractivity contribution in [1.29, 1.82) is 0 Å². The van der Waals surface area contributed by atoms with Crippen LogP contribution in [0.2, 0.25) is 0 Å². The molecule has 1 aromatic carbocycles. The zero-order valence-corrected chi connectivity index (χ0v) is 12.0. The highest BCUT2D eigenvalue weighted by Gasteiger charge is 2.32. The van der Waals surface area contributed by atoms with E-state index in [1.807, 2.05) is 18.2 Å². The standard InChI is InChI=1S/C16H20N4O/c21-16(11-4-5-15-12(8-11)9-17-19-15)18-13-2-1-3-14-6-7-20(14)10-13/h4-5,8-9,13-14H,1-3,6-7,10H2,(H,17,19)(H,18,21)/t13-,14?/m0/s1. The minimum Gasteiger partial charge on any atom is -0.348 e. The second kappa shape index (κ2) is 5.15. The number of aromatic amines is 1. The summed E-state index contributed by atoms with van der Waals surface area (Å²) in [7, 11) is 0. The lowest BCUT2D eigenvalue weighted by atomic mass is 10.00. The van der Waals surface area contributed by atoms with Gasteiger partial charge in [-0.05, 0) is 50.4 Å². The van der Waals surface area contributed by atoms with Gasteiger partial charge in [-0.15, -0.1) is 0 Å². The van der Waals surface area contributed by atoms with E-state index in [1.165, 1.54) is 25.8 Å². The predicted octanol–water partition coefficient (Wildman–Crippen LogP) is 1.92. The van der Waals surface area contributed by atoms with E-state index in [-0.39, 0.29) is 11.9 Å². The highest BCUT2D eigenvalue weighted by Crippen LogP contribution is 2.27. The minimum absolute atomic E-state index is 0.0297. The summed E-state index contributed by atoms with van der Waals surface area (Å²) in [5, 5.41) is 11.1. The molecule has 2 aliphatic heterocycles. The topological polar surface area (TPSA) is 61.0 Å². The maximum atomic E-state index is 12.4. The van der Waals surface area contributed by atoms with Crippen molar-refractivity contribution >= 4 is 16.8 Å². The lowest BCUT2D eigenvalue weighted by Crippen LogP contribution is -2.52. The maximum absolute atomic E-state index is 12.4.